The number of para-hydroxylation sites is 1. The third-order valence-electron chi connectivity index (χ3n) is 3.29. The van der Waals surface area contributed by atoms with Gasteiger partial charge in [0.1, 0.15) is 5.75 Å². The van der Waals surface area contributed by atoms with Gasteiger partial charge in [-0.3, -0.25) is 4.79 Å². The molecule has 2 rings (SSSR count). The molecule has 0 aliphatic carbocycles. The van der Waals surface area contributed by atoms with Crippen LogP contribution in [0.5, 0.6) is 5.75 Å². The van der Waals surface area contributed by atoms with Gasteiger partial charge in [-0.15, -0.1) is 0 Å². The average molecular weight is 337 g/mol. The summed E-state index contributed by atoms with van der Waals surface area (Å²) < 4.78 is 29.8. The zero-order chi connectivity index (χ0) is 16.8. The highest BCUT2D eigenvalue weighted by molar-refractivity contribution is 7.99. The molecule has 1 unspecified atom stereocenters. The van der Waals surface area contributed by atoms with Gasteiger partial charge in [0.2, 0.25) is 0 Å². The maximum absolute atomic E-state index is 12.3. The fourth-order valence-electron chi connectivity index (χ4n) is 2.17. The lowest BCUT2D eigenvalue weighted by Crippen LogP contribution is -2.26. The first-order valence-corrected chi connectivity index (χ1v) is 7.88. The van der Waals surface area contributed by atoms with Crippen LogP contribution in [0.3, 0.4) is 0 Å². The number of hydrogen-bond donors (Lipinski definition) is 1. The first-order chi connectivity index (χ1) is 11.0. The molecule has 0 bridgehead atoms. The number of ether oxygens (including phenoxy) is 1. The van der Waals surface area contributed by atoms with Gasteiger partial charge in [0, 0.05) is 16.0 Å². The van der Waals surface area contributed by atoms with Gasteiger partial charge >= 0.3 is 0 Å². The van der Waals surface area contributed by atoms with Crippen LogP contribution < -0.4 is 10.1 Å². The molecule has 0 radical (unpaired) electrons. The Kier molecular flexibility index (Phi) is 5.98. The summed E-state index contributed by atoms with van der Waals surface area (Å²) in [5.41, 5.74) is 1.29. The van der Waals surface area contributed by atoms with Crippen molar-refractivity contribution in [2.45, 2.75) is 23.6 Å². The van der Waals surface area contributed by atoms with Crippen LogP contribution in [0.25, 0.3) is 0 Å². The molecule has 0 heterocycles. The van der Waals surface area contributed by atoms with Gasteiger partial charge in [0.15, 0.2) is 0 Å². The summed E-state index contributed by atoms with van der Waals surface area (Å²) >= 11 is 0.453. The predicted molar refractivity (Wildman–Crippen MR) is 87.2 cm³/mol. The fraction of sp³-hybridized carbons (Fsp3) is 0.235. The minimum atomic E-state index is -2.47. The number of hydrogen-bond acceptors (Lipinski definition) is 3. The molecule has 23 heavy (non-hydrogen) atoms. The van der Waals surface area contributed by atoms with Crippen molar-refractivity contribution in [3.63, 3.8) is 0 Å². The van der Waals surface area contributed by atoms with E-state index in [0.29, 0.717) is 28.0 Å². The van der Waals surface area contributed by atoms with E-state index in [1.54, 1.807) is 7.11 Å². The van der Waals surface area contributed by atoms with E-state index in [0.717, 1.165) is 5.56 Å². The number of benzene rings is 2. The van der Waals surface area contributed by atoms with Gasteiger partial charge in [-0.1, -0.05) is 30.0 Å². The molecule has 1 N–H and O–H groups in total. The number of rotatable bonds is 6. The van der Waals surface area contributed by atoms with Gasteiger partial charge in [0.25, 0.3) is 11.7 Å². The van der Waals surface area contributed by atoms with Crippen molar-refractivity contribution >= 4 is 17.7 Å². The van der Waals surface area contributed by atoms with Gasteiger partial charge < -0.3 is 10.1 Å². The summed E-state index contributed by atoms with van der Waals surface area (Å²) in [6, 6.07) is 13.3. The lowest BCUT2D eigenvalue weighted by Gasteiger charge is -2.17. The topological polar surface area (TPSA) is 38.3 Å². The van der Waals surface area contributed by atoms with E-state index in [1.807, 2.05) is 31.2 Å². The summed E-state index contributed by atoms with van der Waals surface area (Å²) in [4.78, 5) is 12.7. The molecule has 0 aromatic heterocycles. The maximum atomic E-state index is 12.3. The largest absolute Gasteiger partial charge is 0.496 e. The van der Waals surface area contributed by atoms with E-state index in [2.05, 4.69) is 5.32 Å². The molecule has 2 aromatic rings. The molecule has 6 heteroatoms. The second-order valence-electron chi connectivity index (χ2n) is 4.84. The van der Waals surface area contributed by atoms with E-state index in [-0.39, 0.29) is 11.9 Å². The van der Waals surface area contributed by atoms with E-state index in [1.165, 1.54) is 24.3 Å². The zero-order valence-electron chi connectivity index (χ0n) is 12.8. The molecular formula is C17H17F2NO2S. The molecule has 2 aromatic carbocycles. The number of nitrogens with one attached hydrogen (secondary N) is 1. The van der Waals surface area contributed by atoms with Crippen molar-refractivity contribution in [3.05, 3.63) is 59.7 Å². The van der Waals surface area contributed by atoms with Crippen molar-refractivity contribution in [2.75, 3.05) is 7.11 Å². The highest BCUT2D eigenvalue weighted by Gasteiger charge is 2.15. The lowest BCUT2D eigenvalue weighted by atomic mass is 10.1. The Morgan fingerprint density at radius 2 is 1.78 bits per heavy atom. The highest BCUT2D eigenvalue weighted by Crippen LogP contribution is 2.26. The second kappa shape index (κ2) is 7.97. The smallest absolute Gasteiger partial charge is 0.288 e. The first kappa shape index (κ1) is 17.3. The Morgan fingerprint density at radius 3 is 2.39 bits per heavy atom. The Morgan fingerprint density at radius 1 is 1.13 bits per heavy atom. The lowest BCUT2D eigenvalue weighted by molar-refractivity contribution is 0.0939. The van der Waals surface area contributed by atoms with Crippen LogP contribution in [0.1, 0.15) is 28.9 Å². The monoisotopic (exact) mass is 337 g/mol. The minimum Gasteiger partial charge on any atom is -0.496 e. The summed E-state index contributed by atoms with van der Waals surface area (Å²) in [7, 11) is 1.58. The molecule has 1 amide bonds. The second-order valence-corrected chi connectivity index (χ2v) is 5.90. The van der Waals surface area contributed by atoms with Gasteiger partial charge in [-0.2, -0.15) is 8.78 Å². The van der Waals surface area contributed by atoms with Gasteiger partial charge in [-0.25, -0.2) is 0 Å². The number of carbonyl (C=O) groups excluding carboxylic acids is 1. The Balaban J connectivity index is 2.06. The maximum Gasteiger partial charge on any atom is 0.288 e. The van der Waals surface area contributed by atoms with Crippen LogP contribution in [0, 0.1) is 0 Å². The summed E-state index contributed by atoms with van der Waals surface area (Å²) in [6.45, 7) is 1.86. The summed E-state index contributed by atoms with van der Waals surface area (Å²) in [6.07, 6.45) is 0. The van der Waals surface area contributed by atoms with Crippen molar-refractivity contribution in [1.29, 1.82) is 0 Å². The van der Waals surface area contributed by atoms with Crippen LogP contribution in [-0.4, -0.2) is 18.8 Å². The Labute approximate surface area is 138 Å². The average Bonchev–Trinajstić information content (AvgIpc) is 2.54. The van der Waals surface area contributed by atoms with E-state index in [9.17, 15) is 13.6 Å². The molecular weight excluding hydrogens is 320 g/mol. The van der Waals surface area contributed by atoms with Gasteiger partial charge in [0.05, 0.1) is 13.2 Å². The Bertz CT molecular complexity index is 662. The summed E-state index contributed by atoms with van der Waals surface area (Å²) in [5.74, 6) is -2.04. The van der Waals surface area contributed by atoms with Crippen LogP contribution in [0.4, 0.5) is 8.78 Å². The molecule has 0 aliphatic rings. The van der Waals surface area contributed by atoms with Crippen LogP contribution in [0.2, 0.25) is 0 Å². The highest BCUT2D eigenvalue weighted by atomic mass is 32.2. The first-order valence-electron chi connectivity index (χ1n) is 7.00. The number of alkyl halides is 2. The Hall–Kier alpha value is -2.08. The fourth-order valence-corrected chi connectivity index (χ4v) is 2.67. The van der Waals surface area contributed by atoms with Crippen LogP contribution in [0.15, 0.2) is 53.4 Å². The molecule has 3 nitrogen and oxygen atoms in total. The van der Waals surface area contributed by atoms with Crippen LogP contribution in [-0.2, 0) is 0 Å². The number of halogens is 2. The van der Waals surface area contributed by atoms with E-state index < -0.39 is 5.76 Å². The third-order valence-corrected chi connectivity index (χ3v) is 4.02. The molecule has 1 atom stereocenters. The van der Waals surface area contributed by atoms with Crippen molar-refractivity contribution in [1.82, 2.24) is 5.32 Å². The van der Waals surface area contributed by atoms with E-state index >= 15 is 0 Å². The minimum absolute atomic E-state index is 0.242. The quantitative estimate of drug-likeness (QED) is 0.789. The number of amides is 1. The standard InChI is InChI=1S/C17H17F2NO2S/c1-11(14-5-3-4-6-15(14)22-2)20-16(21)12-7-9-13(10-8-12)23-17(18)19/h3-11,17H,1-2H3,(H,20,21). The number of thioether (sulfide) groups is 1. The molecule has 0 saturated carbocycles. The van der Waals surface area contributed by atoms with E-state index in [4.69, 9.17) is 4.74 Å². The van der Waals surface area contributed by atoms with Gasteiger partial charge in [-0.05, 0) is 37.3 Å². The van der Waals surface area contributed by atoms with Crippen molar-refractivity contribution in [3.8, 4) is 5.75 Å². The van der Waals surface area contributed by atoms with Crippen molar-refractivity contribution in [2.24, 2.45) is 0 Å². The normalized spacial score (nSPS) is 12.0. The molecule has 0 fully saturated rings. The third kappa shape index (κ3) is 4.69. The molecule has 0 spiro atoms. The molecule has 0 aliphatic heterocycles. The number of methoxy groups -OCH3 is 1. The zero-order valence-corrected chi connectivity index (χ0v) is 13.6. The summed E-state index contributed by atoms with van der Waals surface area (Å²) in [5, 5.41) is 2.87. The molecule has 122 valence electrons. The SMILES string of the molecule is COc1ccccc1C(C)NC(=O)c1ccc(SC(F)F)cc1. The van der Waals surface area contributed by atoms with Crippen molar-refractivity contribution < 1.29 is 18.3 Å². The predicted octanol–water partition coefficient (Wildman–Crippen LogP) is 4.50. The number of carbonyl (C=O) groups is 1. The van der Waals surface area contributed by atoms with Crippen LogP contribution >= 0.6 is 11.8 Å². The molecule has 0 saturated heterocycles.